The molecule has 0 fully saturated rings. The van der Waals surface area contributed by atoms with Crippen LogP contribution in [0.25, 0.3) is 0 Å². The van der Waals surface area contributed by atoms with Gasteiger partial charge in [-0.25, -0.2) is 4.68 Å². The topological polar surface area (TPSA) is 81.1 Å². The second kappa shape index (κ2) is 11.6. The first-order valence-electron chi connectivity index (χ1n) is 13.5. The highest BCUT2D eigenvalue weighted by Gasteiger charge is 2.34. The second-order valence-corrected chi connectivity index (χ2v) is 11.4. The number of thioether (sulfide) groups is 1. The van der Waals surface area contributed by atoms with Crippen LogP contribution in [0.1, 0.15) is 53.3 Å². The molecular weight excluding hydrogens is 518 g/mol. The smallest absolute Gasteiger partial charge is 0.255 e. The quantitative estimate of drug-likeness (QED) is 0.226. The lowest BCUT2D eigenvalue weighted by atomic mass is 9.95. The predicted octanol–water partition coefficient (Wildman–Crippen LogP) is 7.13. The summed E-state index contributed by atoms with van der Waals surface area (Å²) >= 11 is 1.57. The first kappa shape index (κ1) is 27.5. The number of carbonyl (C=O) groups is 1. The molecule has 40 heavy (non-hydrogen) atoms. The summed E-state index contributed by atoms with van der Waals surface area (Å²) in [6, 6.07) is 19.7. The van der Waals surface area contributed by atoms with Crippen molar-refractivity contribution in [1.82, 2.24) is 14.8 Å². The molecule has 4 aromatic rings. The summed E-state index contributed by atoms with van der Waals surface area (Å²) < 4.78 is 7.97. The van der Waals surface area contributed by atoms with E-state index < -0.39 is 6.04 Å². The molecule has 2 N–H and O–H groups in total. The summed E-state index contributed by atoms with van der Waals surface area (Å²) in [4.78, 5) is 18.4. The number of fused-ring (bicyclic) bond motifs is 1. The molecule has 206 valence electrons. The van der Waals surface area contributed by atoms with Gasteiger partial charge in [0.25, 0.3) is 5.91 Å². The van der Waals surface area contributed by atoms with Crippen molar-refractivity contribution >= 4 is 29.3 Å². The minimum absolute atomic E-state index is 0.183. The van der Waals surface area contributed by atoms with Gasteiger partial charge in [0.1, 0.15) is 18.4 Å². The minimum Gasteiger partial charge on any atom is -0.489 e. The zero-order valence-corrected chi connectivity index (χ0v) is 24.6. The summed E-state index contributed by atoms with van der Waals surface area (Å²) in [5.74, 6) is 2.06. The Morgan fingerprint density at radius 1 is 1.00 bits per heavy atom. The average Bonchev–Trinajstić information content (AvgIpc) is 3.31. The maximum atomic E-state index is 13.7. The molecule has 0 aliphatic carbocycles. The van der Waals surface area contributed by atoms with Crippen molar-refractivity contribution in [2.24, 2.45) is 0 Å². The highest BCUT2D eigenvalue weighted by molar-refractivity contribution is 7.99. The molecule has 8 heteroatoms. The highest BCUT2D eigenvalue weighted by atomic mass is 32.2. The number of allylic oxidation sites excluding steroid dienone is 1. The summed E-state index contributed by atoms with van der Waals surface area (Å²) in [7, 11) is 0. The second-order valence-electron chi connectivity index (χ2n) is 10.2. The molecule has 0 saturated heterocycles. The predicted molar refractivity (Wildman–Crippen MR) is 162 cm³/mol. The SMILES string of the molecule is CCSc1nc2n(n1)C(c1ccc(OCc3cc(C)c(C)cc3C)cc1)C(C(=O)Nc1cccc(C)c1)=C(C)N2. The molecule has 1 aliphatic heterocycles. The number of benzene rings is 3. The molecule has 1 aliphatic rings. The van der Waals surface area contributed by atoms with Crippen LogP contribution in [0, 0.1) is 27.7 Å². The van der Waals surface area contributed by atoms with Gasteiger partial charge in [0.05, 0.1) is 5.57 Å². The Kier molecular flexibility index (Phi) is 7.98. The molecule has 1 aromatic heterocycles. The fraction of sp³-hybridized carbons (Fsp3) is 0.281. The Morgan fingerprint density at radius 3 is 2.48 bits per heavy atom. The Morgan fingerprint density at radius 2 is 1.75 bits per heavy atom. The summed E-state index contributed by atoms with van der Waals surface area (Å²) in [6.07, 6.45) is 0. The lowest BCUT2D eigenvalue weighted by Gasteiger charge is -2.28. The van der Waals surface area contributed by atoms with Crippen LogP contribution in [0.15, 0.2) is 77.1 Å². The van der Waals surface area contributed by atoms with E-state index in [1.807, 2.05) is 67.1 Å². The van der Waals surface area contributed by atoms with Crippen molar-refractivity contribution in [1.29, 1.82) is 0 Å². The molecule has 1 unspecified atom stereocenters. The summed E-state index contributed by atoms with van der Waals surface area (Å²) in [5, 5.41) is 11.8. The van der Waals surface area contributed by atoms with Crippen LogP contribution in [-0.4, -0.2) is 26.4 Å². The molecule has 0 saturated carbocycles. The van der Waals surface area contributed by atoms with Gasteiger partial charge in [-0.15, -0.1) is 5.10 Å². The molecular formula is C32H35N5O2S. The largest absolute Gasteiger partial charge is 0.489 e. The maximum Gasteiger partial charge on any atom is 0.255 e. The standard InChI is InChI=1S/C32H35N5O2S/c1-7-40-32-35-31-33-23(6)28(30(38)34-26-10-8-9-19(2)15-26)29(37(31)36-32)24-11-13-27(14-12-24)39-18-25-17-21(4)20(3)16-22(25)5/h8-17,29H,7,18H2,1-6H3,(H,34,38)(H,33,35,36). The monoisotopic (exact) mass is 553 g/mol. The van der Waals surface area contributed by atoms with E-state index >= 15 is 0 Å². The van der Waals surface area contributed by atoms with E-state index in [9.17, 15) is 4.79 Å². The van der Waals surface area contributed by atoms with Gasteiger partial charge in [0.2, 0.25) is 11.1 Å². The van der Waals surface area contributed by atoms with Gasteiger partial charge in [-0.2, -0.15) is 4.98 Å². The van der Waals surface area contributed by atoms with Gasteiger partial charge >= 0.3 is 0 Å². The van der Waals surface area contributed by atoms with E-state index in [1.54, 1.807) is 11.8 Å². The van der Waals surface area contributed by atoms with E-state index in [1.165, 1.54) is 22.3 Å². The number of aryl methyl sites for hydroxylation is 4. The zero-order chi connectivity index (χ0) is 28.4. The van der Waals surface area contributed by atoms with Crippen LogP contribution < -0.4 is 15.4 Å². The average molecular weight is 554 g/mol. The molecule has 1 atom stereocenters. The lowest BCUT2D eigenvalue weighted by Crippen LogP contribution is -2.31. The molecule has 7 nitrogen and oxygen atoms in total. The number of nitrogens with one attached hydrogen (secondary N) is 2. The number of nitrogens with zero attached hydrogens (tertiary/aromatic N) is 3. The molecule has 1 amide bonds. The van der Waals surface area contributed by atoms with Crippen molar-refractivity contribution in [3.8, 4) is 5.75 Å². The van der Waals surface area contributed by atoms with E-state index in [0.29, 0.717) is 23.3 Å². The van der Waals surface area contributed by atoms with E-state index in [0.717, 1.165) is 34.0 Å². The van der Waals surface area contributed by atoms with E-state index in [2.05, 4.69) is 55.4 Å². The first-order chi connectivity index (χ1) is 19.2. The van der Waals surface area contributed by atoms with Gasteiger partial charge in [-0.05, 0) is 98.0 Å². The fourth-order valence-corrected chi connectivity index (χ4v) is 5.48. The number of ether oxygens (including phenoxy) is 1. The molecule has 2 heterocycles. The van der Waals surface area contributed by atoms with Crippen molar-refractivity contribution in [3.63, 3.8) is 0 Å². The Labute approximate surface area is 240 Å². The van der Waals surface area contributed by atoms with Gasteiger partial charge < -0.3 is 15.4 Å². The molecule has 0 radical (unpaired) electrons. The van der Waals surface area contributed by atoms with Crippen molar-refractivity contribution in [2.45, 2.75) is 59.3 Å². The van der Waals surface area contributed by atoms with Crippen molar-refractivity contribution in [2.75, 3.05) is 16.4 Å². The number of amides is 1. The zero-order valence-electron chi connectivity index (χ0n) is 23.8. The van der Waals surface area contributed by atoms with Gasteiger partial charge in [-0.1, -0.05) is 55.1 Å². The van der Waals surface area contributed by atoms with Crippen LogP contribution >= 0.6 is 11.8 Å². The van der Waals surface area contributed by atoms with Crippen molar-refractivity contribution in [3.05, 3.63) is 105 Å². The number of hydrogen-bond donors (Lipinski definition) is 2. The number of rotatable bonds is 8. The van der Waals surface area contributed by atoms with Crippen LogP contribution in [0.5, 0.6) is 5.75 Å². The van der Waals surface area contributed by atoms with Gasteiger partial charge in [-0.3, -0.25) is 4.79 Å². The normalized spacial score (nSPS) is 14.5. The van der Waals surface area contributed by atoms with Gasteiger partial charge in [0.15, 0.2) is 0 Å². The van der Waals surface area contributed by atoms with E-state index in [4.69, 9.17) is 9.84 Å². The summed E-state index contributed by atoms with van der Waals surface area (Å²) in [6.45, 7) is 12.8. The van der Waals surface area contributed by atoms with Crippen LogP contribution in [-0.2, 0) is 11.4 Å². The Balaban J connectivity index is 1.45. The number of hydrogen-bond acceptors (Lipinski definition) is 6. The van der Waals surface area contributed by atoms with Gasteiger partial charge in [0, 0.05) is 11.4 Å². The third-order valence-corrected chi connectivity index (χ3v) is 7.89. The molecule has 5 rings (SSSR count). The van der Waals surface area contributed by atoms with Crippen LogP contribution in [0.2, 0.25) is 0 Å². The Hall–Kier alpha value is -4.04. The van der Waals surface area contributed by atoms with Crippen LogP contribution in [0.3, 0.4) is 0 Å². The number of anilines is 2. The summed E-state index contributed by atoms with van der Waals surface area (Å²) in [5.41, 5.74) is 9.02. The third-order valence-electron chi connectivity index (χ3n) is 7.17. The lowest BCUT2D eigenvalue weighted by molar-refractivity contribution is -0.113. The molecule has 0 spiro atoms. The maximum absolute atomic E-state index is 13.7. The molecule has 3 aromatic carbocycles. The number of aromatic nitrogens is 3. The highest BCUT2D eigenvalue weighted by Crippen LogP contribution is 2.37. The third kappa shape index (κ3) is 5.77. The van der Waals surface area contributed by atoms with Crippen molar-refractivity contribution < 1.29 is 9.53 Å². The molecule has 0 bridgehead atoms. The van der Waals surface area contributed by atoms with Crippen LogP contribution in [0.4, 0.5) is 11.6 Å². The first-order valence-corrected chi connectivity index (χ1v) is 14.5. The minimum atomic E-state index is -0.448. The number of carbonyl (C=O) groups excluding carboxylic acids is 1. The fourth-order valence-electron chi connectivity index (χ4n) is 4.93. The Bertz CT molecular complexity index is 1590. The van der Waals surface area contributed by atoms with E-state index in [-0.39, 0.29) is 5.91 Å².